The maximum Gasteiger partial charge on any atom is 0.331 e. The number of ether oxygens (including phenoxy) is 1. The molecule has 0 aromatic heterocycles. The summed E-state index contributed by atoms with van der Waals surface area (Å²) < 4.78 is 6.41. The number of aromatic hydroxyl groups is 2. The third-order valence-electron chi connectivity index (χ3n) is 14.4. The van der Waals surface area contributed by atoms with Gasteiger partial charge in [0, 0.05) is 17.4 Å². The number of esters is 1. The van der Waals surface area contributed by atoms with Gasteiger partial charge in [0.1, 0.15) is 6.10 Å². The number of benzene rings is 1. The van der Waals surface area contributed by atoms with Crippen molar-refractivity contribution in [3.63, 3.8) is 0 Å². The van der Waals surface area contributed by atoms with Gasteiger partial charge in [-0.25, -0.2) is 4.79 Å². The first kappa shape index (κ1) is 31.4. The molecule has 0 spiro atoms. The van der Waals surface area contributed by atoms with E-state index in [0.29, 0.717) is 35.3 Å². The Morgan fingerprint density at radius 3 is 2.32 bits per heavy atom. The molecule has 5 aliphatic rings. The molecule has 12 atom stereocenters. The molecule has 0 saturated heterocycles. The summed E-state index contributed by atoms with van der Waals surface area (Å²) in [4.78, 5) is 13.6. The molecule has 0 heterocycles. The fourth-order valence-corrected chi connectivity index (χ4v) is 12.1. The van der Waals surface area contributed by atoms with Crippen LogP contribution in [0, 0.1) is 51.2 Å². The Morgan fingerprint density at radius 1 is 0.932 bits per heavy atom. The SMILES string of the molecule is C=C1[C@@H]2[C@H](O)[C@H](OC(=O)/C=C/c3ccc(O)c(O)c3)[C@]3(C)[C@H](CC[C@@H]4[C@@H]5CC[C@@H](C(=C)C)[C@@]5(C)CC[C@]43C)[C@@]2(C)CC[C@@H]1O. The van der Waals surface area contributed by atoms with Gasteiger partial charge >= 0.3 is 5.97 Å². The number of aliphatic hydroxyl groups is 2. The molecular weight excluding hydrogens is 552 g/mol. The zero-order chi connectivity index (χ0) is 32.0. The number of carbonyl (C=O) groups is 1. The first-order chi connectivity index (χ1) is 20.6. The van der Waals surface area contributed by atoms with E-state index in [2.05, 4.69) is 47.8 Å². The highest BCUT2D eigenvalue weighted by Crippen LogP contribution is 2.77. The van der Waals surface area contributed by atoms with Gasteiger partial charge in [0.05, 0.1) is 12.2 Å². The number of phenolic OH excluding ortho intramolecular Hbond substituents is 2. The zero-order valence-electron chi connectivity index (χ0n) is 27.2. The van der Waals surface area contributed by atoms with E-state index in [9.17, 15) is 25.2 Å². The van der Waals surface area contributed by atoms with E-state index < -0.39 is 29.7 Å². The van der Waals surface area contributed by atoms with Crippen molar-refractivity contribution in [2.45, 2.75) is 104 Å². The summed E-state index contributed by atoms with van der Waals surface area (Å²) in [6.45, 7) is 20.4. The Bertz CT molecular complexity index is 1400. The highest BCUT2D eigenvalue weighted by atomic mass is 16.6. The van der Waals surface area contributed by atoms with Crippen LogP contribution in [0.2, 0.25) is 0 Å². The van der Waals surface area contributed by atoms with Crippen molar-refractivity contribution in [2.24, 2.45) is 51.2 Å². The van der Waals surface area contributed by atoms with Gasteiger partial charge in [0.15, 0.2) is 11.5 Å². The summed E-state index contributed by atoms with van der Waals surface area (Å²) in [5, 5.41) is 42.8. The number of hydrogen-bond acceptors (Lipinski definition) is 6. The minimum atomic E-state index is -0.991. The van der Waals surface area contributed by atoms with Crippen LogP contribution >= 0.6 is 0 Å². The fraction of sp³-hybridized carbons (Fsp3) is 0.658. The molecule has 44 heavy (non-hydrogen) atoms. The normalized spacial score (nSPS) is 46.5. The van der Waals surface area contributed by atoms with Crippen molar-refractivity contribution in [1.29, 1.82) is 0 Å². The van der Waals surface area contributed by atoms with Crippen LogP contribution < -0.4 is 0 Å². The Hall–Kier alpha value is -2.57. The average Bonchev–Trinajstić information content (AvgIpc) is 3.32. The van der Waals surface area contributed by atoms with Crippen LogP contribution in [0.5, 0.6) is 11.5 Å². The second-order valence-corrected chi connectivity index (χ2v) is 16.1. The first-order valence-corrected chi connectivity index (χ1v) is 16.7. The molecule has 0 aliphatic heterocycles. The minimum Gasteiger partial charge on any atom is -0.504 e. The van der Waals surface area contributed by atoms with Gasteiger partial charge < -0.3 is 25.2 Å². The van der Waals surface area contributed by atoms with E-state index >= 15 is 0 Å². The van der Waals surface area contributed by atoms with Crippen LogP contribution in [0.4, 0.5) is 0 Å². The lowest BCUT2D eigenvalue weighted by Gasteiger charge is -2.73. The number of phenols is 2. The van der Waals surface area contributed by atoms with Crippen LogP contribution in [0.25, 0.3) is 6.08 Å². The molecule has 0 amide bonds. The molecule has 5 aliphatic carbocycles. The molecule has 0 bridgehead atoms. The van der Waals surface area contributed by atoms with Gasteiger partial charge in [0.2, 0.25) is 0 Å². The molecule has 4 N–H and O–H groups in total. The quantitative estimate of drug-likeness (QED) is 0.126. The molecule has 0 unspecified atom stereocenters. The van der Waals surface area contributed by atoms with Gasteiger partial charge in [-0.2, -0.15) is 0 Å². The second-order valence-electron chi connectivity index (χ2n) is 16.1. The van der Waals surface area contributed by atoms with Gasteiger partial charge in [-0.05, 0) is 128 Å². The molecule has 5 saturated carbocycles. The second kappa shape index (κ2) is 10.5. The molecule has 1 aromatic carbocycles. The van der Waals surface area contributed by atoms with E-state index in [1.165, 1.54) is 36.6 Å². The Balaban J connectivity index is 1.41. The van der Waals surface area contributed by atoms with Crippen molar-refractivity contribution < 1.29 is 30.0 Å². The summed E-state index contributed by atoms with van der Waals surface area (Å²) in [7, 11) is 0. The highest BCUT2D eigenvalue weighted by molar-refractivity contribution is 5.87. The Labute approximate surface area is 262 Å². The molecule has 6 nitrogen and oxygen atoms in total. The van der Waals surface area contributed by atoms with Crippen LogP contribution in [0.3, 0.4) is 0 Å². The van der Waals surface area contributed by atoms with Gasteiger partial charge in [0.25, 0.3) is 0 Å². The van der Waals surface area contributed by atoms with E-state index in [0.717, 1.165) is 32.1 Å². The first-order valence-electron chi connectivity index (χ1n) is 16.7. The van der Waals surface area contributed by atoms with E-state index in [1.807, 2.05) is 0 Å². The van der Waals surface area contributed by atoms with Crippen molar-refractivity contribution in [3.05, 3.63) is 54.1 Å². The molecule has 6 rings (SSSR count). The van der Waals surface area contributed by atoms with Gasteiger partial charge in [-0.1, -0.05) is 52.5 Å². The summed E-state index contributed by atoms with van der Waals surface area (Å²) >= 11 is 0. The predicted molar refractivity (Wildman–Crippen MR) is 171 cm³/mol. The average molecular weight is 605 g/mol. The zero-order valence-corrected chi connectivity index (χ0v) is 27.2. The number of rotatable bonds is 4. The Kier molecular flexibility index (Phi) is 7.49. The van der Waals surface area contributed by atoms with Crippen molar-refractivity contribution in [3.8, 4) is 11.5 Å². The minimum absolute atomic E-state index is 0.159. The highest BCUT2D eigenvalue weighted by Gasteiger charge is 2.74. The van der Waals surface area contributed by atoms with E-state index in [4.69, 9.17) is 4.74 Å². The summed E-state index contributed by atoms with van der Waals surface area (Å²) in [6, 6.07) is 4.37. The van der Waals surface area contributed by atoms with E-state index in [1.54, 1.807) is 12.1 Å². The lowest BCUT2D eigenvalue weighted by atomic mass is 9.32. The number of carbonyl (C=O) groups excluding carboxylic acids is 1. The molecular formula is C38H52O6. The monoisotopic (exact) mass is 604 g/mol. The van der Waals surface area contributed by atoms with E-state index in [-0.39, 0.29) is 39.6 Å². The fourth-order valence-electron chi connectivity index (χ4n) is 12.1. The predicted octanol–water partition coefficient (Wildman–Crippen LogP) is 7.17. The van der Waals surface area contributed by atoms with Gasteiger partial charge in [-0.3, -0.25) is 0 Å². The maximum absolute atomic E-state index is 13.6. The van der Waals surface area contributed by atoms with Crippen molar-refractivity contribution in [2.75, 3.05) is 0 Å². The van der Waals surface area contributed by atoms with Crippen molar-refractivity contribution >= 4 is 12.0 Å². The third-order valence-corrected chi connectivity index (χ3v) is 14.4. The Morgan fingerprint density at radius 2 is 1.64 bits per heavy atom. The molecule has 0 radical (unpaired) electrons. The van der Waals surface area contributed by atoms with Crippen LogP contribution in [-0.2, 0) is 9.53 Å². The lowest BCUT2D eigenvalue weighted by molar-refractivity contribution is -0.290. The number of allylic oxidation sites excluding steroid dienone is 1. The number of aliphatic hydroxyl groups excluding tert-OH is 2. The third kappa shape index (κ3) is 4.22. The lowest BCUT2D eigenvalue weighted by Crippen LogP contribution is -2.73. The van der Waals surface area contributed by atoms with Crippen LogP contribution in [0.1, 0.15) is 91.5 Å². The molecule has 5 fully saturated rings. The van der Waals surface area contributed by atoms with Gasteiger partial charge in [-0.15, -0.1) is 0 Å². The summed E-state index contributed by atoms with van der Waals surface area (Å²) in [5.41, 5.74) is 1.80. The number of hydrogen-bond donors (Lipinski definition) is 4. The topological polar surface area (TPSA) is 107 Å². The summed E-state index contributed by atoms with van der Waals surface area (Å²) in [5.74, 6) is 0.314. The summed E-state index contributed by atoms with van der Waals surface area (Å²) in [6.07, 6.45) is 8.49. The standard InChI is InChI=1S/C38H52O6/c1-21(2)24-10-11-25-26-12-14-30-36(5)17-16-27(39)22(3)32(36)33(43)34(38(30,7)37(26,6)19-18-35(24,25)4)44-31(42)15-9-23-8-13-28(40)29(41)20-23/h8-9,13,15,20,24-27,30,32-34,39-41,43H,1,3,10-12,14,16-19H2,2,4-7H3/b15-9+/t24-,25-,26+,27-,30+,32+,33-,34-,35+,36+,37+,38-/m0/s1. The van der Waals surface area contributed by atoms with Crippen LogP contribution in [-0.4, -0.2) is 44.7 Å². The molecule has 240 valence electrons. The van der Waals surface area contributed by atoms with Crippen LogP contribution in [0.15, 0.2) is 48.6 Å². The molecule has 6 heteroatoms. The van der Waals surface area contributed by atoms with Crippen molar-refractivity contribution in [1.82, 2.24) is 0 Å². The molecule has 1 aromatic rings. The largest absolute Gasteiger partial charge is 0.504 e. The number of fused-ring (bicyclic) bond motifs is 7. The smallest absolute Gasteiger partial charge is 0.331 e. The maximum atomic E-state index is 13.6.